The Morgan fingerprint density at radius 3 is 2.81 bits per heavy atom. The molecule has 0 saturated carbocycles. The van der Waals surface area contributed by atoms with E-state index in [1.165, 1.54) is 11.1 Å². The molecule has 2 heteroatoms. The molecule has 0 bridgehead atoms. The number of nitrogens with zero attached hydrogens (tertiary/aromatic N) is 2. The highest BCUT2D eigenvalue weighted by molar-refractivity contribution is 5.46. The van der Waals surface area contributed by atoms with Gasteiger partial charge in [-0.2, -0.15) is 0 Å². The molecule has 2 nitrogen and oxygen atoms in total. The van der Waals surface area contributed by atoms with Crippen molar-refractivity contribution in [2.24, 2.45) is 0 Å². The van der Waals surface area contributed by atoms with Crippen LogP contribution in [-0.4, -0.2) is 19.1 Å². The molecule has 1 aromatic carbocycles. The van der Waals surface area contributed by atoms with E-state index in [1.54, 1.807) is 6.20 Å². The molecule has 0 fully saturated rings. The Morgan fingerprint density at radius 2 is 2.12 bits per heavy atom. The average Bonchev–Trinajstić information content (AvgIpc) is 2.30. The van der Waals surface area contributed by atoms with E-state index in [2.05, 4.69) is 34.1 Å². The fourth-order valence-electron chi connectivity index (χ4n) is 1.61. The quantitative estimate of drug-likeness (QED) is 0.775. The number of hydrogen-bond donors (Lipinski definition) is 0. The smallest absolute Gasteiger partial charge is 0.0444 e. The number of pyridine rings is 1. The summed E-state index contributed by atoms with van der Waals surface area (Å²) >= 11 is 0. The molecule has 0 aliphatic heterocycles. The second kappa shape index (κ2) is 4.79. The topological polar surface area (TPSA) is 16.1 Å². The van der Waals surface area contributed by atoms with E-state index in [0.717, 1.165) is 12.1 Å². The predicted octanol–water partition coefficient (Wildman–Crippen LogP) is 2.54. The lowest BCUT2D eigenvalue weighted by atomic mass is 10.1. The predicted molar refractivity (Wildman–Crippen MR) is 66.6 cm³/mol. The Balaban J connectivity index is 2.19. The fourth-order valence-corrected chi connectivity index (χ4v) is 1.61. The minimum Gasteiger partial charge on any atom is -0.377 e. The second-order valence-electron chi connectivity index (χ2n) is 4.01. The molecular formula is C14H15N2. The van der Waals surface area contributed by atoms with Gasteiger partial charge in [-0.3, -0.25) is 4.98 Å². The summed E-state index contributed by atoms with van der Waals surface area (Å²) in [5, 5.41) is 0. The average molecular weight is 211 g/mol. The largest absolute Gasteiger partial charge is 0.377 e. The van der Waals surface area contributed by atoms with Crippen molar-refractivity contribution in [1.29, 1.82) is 0 Å². The minimum absolute atomic E-state index is 0.920. The summed E-state index contributed by atoms with van der Waals surface area (Å²) < 4.78 is 0. The second-order valence-corrected chi connectivity index (χ2v) is 4.01. The summed E-state index contributed by atoms with van der Waals surface area (Å²) in [5.74, 6) is 0. The van der Waals surface area contributed by atoms with Crippen LogP contribution in [0.25, 0.3) is 0 Å². The Labute approximate surface area is 96.6 Å². The maximum absolute atomic E-state index is 4.12. The summed E-state index contributed by atoms with van der Waals surface area (Å²) in [6.07, 6.45) is 4.63. The molecule has 1 heterocycles. The van der Waals surface area contributed by atoms with Gasteiger partial charge in [0.25, 0.3) is 0 Å². The molecule has 0 N–H and O–H groups in total. The molecule has 81 valence electrons. The van der Waals surface area contributed by atoms with Gasteiger partial charge in [0.15, 0.2) is 0 Å². The Kier molecular flexibility index (Phi) is 3.20. The van der Waals surface area contributed by atoms with Gasteiger partial charge in [-0.05, 0) is 29.7 Å². The fraction of sp³-hybridized carbons (Fsp3) is 0.214. The zero-order valence-corrected chi connectivity index (χ0v) is 9.64. The summed E-state index contributed by atoms with van der Waals surface area (Å²) in [7, 11) is 4.05. The van der Waals surface area contributed by atoms with Crippen molar-refractivity contribution in [3.05, 3.63) is 59.9 Å². The van der Waals surface area contributed by atoms with Crippen molar-refractivity contribution >= 4 is 5.69 Å². The van der Waals surface area contributed by atoms with Gasteiger partial charge in [-0.25, -0.2) is 0 Å². The van der Waals surface area contributed by atoms with Gasteiger partial charge < -0.3 is 4.90 Å². The first kappa shape index (κ1) is 10.7. The first-order valence-corrected chi connectivity index (χ1v) is 5.32. The Hall–Kier alpha value is -1.83. The normalized spacial score (nSPS) is 10.1. The van der Waals surface area contributed by atoms with Gasteiger partial charge in [0.1, 0.15) is 0 Å². The van der Waals surface area contributed by atoms with E-state index < -0.39 is 0 Å². The molecule has 2 aromatic rings. The molecule has 1 aromatic heterocycles. The third-order valence-electron chi connectivity index (χ3n) is 2.46. The molecule has 1 radical (unpaired) electrons. The number of anilines is 1. The molecule has 0 atom stereocenters. The van der Waals surface area contributed by atoms with Crippen LogP contribution in [0.1, 0.15) is 11.1 Å². The van der Waals surface area contributed by atoms with Gasteiger partial charge in [0.05, 0.1) is 0 Å². The van der Waals surface area contributed by atoms with Crippen LogP contribution in [0.3, 0.4) is 0 Å². The maximum atomic E-state index is 4.12. The van der Waals surface area contributed by atoms with Crippen LogP contribution >= 0.6 is 0 Å². The number of hydrogen-bond acceptors (Lipinski definition) is 2. The number of rotatable bonds is 3. The van der Waals surface area contributed by atoms with E-state index in [9.17, 15) is 0 Å². The molecule has 16 heavy (non-hydrogen) atoms. The van der Waals surface area contributed by atoms with Crippen LogP contribution in [0.2, 0.25) is 0 Å². The van der Waals surface area contributed by atoms with Crippen molar-refractivity contribution in [2.45, 2.75) is 6.42 Å². The monoisotopic (exact) mass is 211 g/mol. The third kappa shape index (κ3) is 2.60. The summed E-state index contributed by atoms with van der Waals surface area (Å²) in [4.78, 5) is 6.18. The lowest BCUT2D eigenvalue weighted by molar-refractivity contribution is 1.10. The summed E-state index contributed by atoms with van der Waals surface area (Å²) in [5.41, 5.74) is 3.63. The number of aromatic nitrogens is 1. The van der Waals surface area contributed by atoms with Gasteiger partial charge in [0, 0.05) is 38.2 Å². The van der Waals surface area contributed by atoms with Crippen LogP contribution in [0, 0.1) is 6.07 Å². The molecule has 0 spiro atoms. The van der Waals surface area contributed by atoms with E-state index >= 15 is 0 Å². The molecule has 0 aliphatic rings. The first-order chi connectivity index (χ1) is 7.75. The molecule has 2 rings (SSSR count). The highest BCUT2D eigenvalue weighted by atomic mass is 15.1. The van der Waals surface area contributed by atoms with Crippen LogP contribution in [-0.2, 0) is 6.42 Å². The van der Waals surface area contributed by atoms with Crippen molar-refractivity contribution in [3.8, 4) is 0 Å². The molecule has 0 aliphatic carbocycles. The molecule has 0 unspecified atom stereocenters. The van der Waals surface area contributed by atoms with Gasteiger partial charge in [-0.15, -0.1) is 0 Å². The van der Waals surface area contributed by atoms with E-state index in [-0.39, 0.29) is 0 Å². The van der Waals surface area contributed by atoms with Crippen LogP contribution in [0.4, 0.5) is 5.69 Å². The summed E-state index contributed by atoms with van der Waals surface area (Å²) in [6, 6.07) is 13.5. The van der Waals surface area contributed by atoms with E-state index in [0.29, 0.717) is 0 Å². The zero-order chi connectivity index (χ0) is 11.4. The number of benzene rings is 1. The van der Waals surface area contributed by atoms with Crippen molar-refractivity contribution in [2.75, 3.05) is 19.0 Å². The van der Waals surface area contributed by atoms with Crippen molar-refractivity contribution < 1.29 is 0 Å². The standard InChI is InChI=1S/C14H15N2/c1-16(2)14-7-3-5-12(10-14)9-13-6-4-8-15-11-13/h3-6,8,10-11H,9H2,1-2H3. The van der Waals surface area contributed by atoms with Crippen molar-refractivity contribution in [3.63, 3.8) is 0 Å². The van der Waals surface area contributed by atoms with E-state index in [1.807, 2.05) is 32.4 Å². The zero-order valence-electron chi connectivity index (χ0n) is 9.64. The molecular weight excluding hydrogens is 196 g/mol. The first-order valence-electron chi connectivity index (χ1n) is 5.32. The van der Waals surface area contributed by atoms with Gasteiger partial charge in [0.2, 0.25) is 0 Å². The maximum Gasteiger partial charge on any atom is 0.0444 e. The van der Waals surface area contributed by atoms with Crippen LogP contribution in [0.5, 0.6) is 0 Å². The van der Waals surface area contributed by atoms with Crippen LogP contribution < -0.4 is 4.90 Å². The van der Waals surface area contributed by atoms with E-state index in [4.69, 9.17) is 0 Å². The Bertz CT molecular complexity index is 449. The third-order valence-corrected chi connectivity index (χ3v) is 2.46. The lowest BCUT2D eigenvalue weighted by Gasteiger charge is -2.13. The van der Waals surface area contributed by atoms with Crippen LogP contribution in [0.15, 0.2) is 42.7 Å². The summed E-state index contributed by atoms with van der Waals surface area (Å²) in [6.45, 7) is 0. The highest BCUT2D eigenvalue weighted by Crippen LogP contribution is 2.15. The lowest BCUT2D eigenvalue weighted by Crippen LogP contribution is -2.08. The van der Waals surface area contributed by atoms with Gasteiger partial charge in [-0.1, -0.05) is 18.2 Å². The van der Waals surface area contributed by atoms with Gasteiger partial charge >= 0.3 is 0 Å². The van der Waals surface area contributed by atoms with Crippen molar-refractivity contribution in [1.82, 2.24) is 4.98 Å². The molecule has 0 saturated heterocycles. The minimum atomic E-state index is 0.920. The SMILES string of the molecule is CN(C)c1[c]ccc(Cc2cccnc2)c1. The molecule has 0 amide bonds. The highest BCUT2D eigenvalue weighted by Gasteiger charge is 1.99. The Morgan fingerprint density at radius 1 is 1.25 bits per heavy atom.